The second kappa shape index (κ2) is 6.77. The van der Waals surface area contributed by atoms with Crippen molar-refractivity contribution in [2.24, 2.45) is 0 Å². The average molecular weight is 343 g/mol. The fourth-order valence-electron chi connectivity index (χ4n) is 2.40. The van der Waals surface area contributed by atoms with Crippen LogP contribution in [0, 0.1) is 0 Å². The van der Waals surface area contributed by atoms with Crippen LogP contribution in [0.4, 0.5) is 0 Å². The molecule has 0 radical (unpaired) electrons. The number of rotatable bonds is 4. The van der Waals surface area contributed by atoms with Gasteiger partial charge in [-0.3, -0.25) is 4.79 Å². The van der Waals surface area contributed by atoms with Crippen LogP contribution in [0.5, 0.6) is 0 Å². The average Bonchev–Trinajstić information content (AvgIpc) is 2.81. The van der Waals surface area contributed by atoms with E-state index in [2.05, 4.69) is 38.8 Å². The predicted octanol–water partition coefficient (Wildman–Crippen LogP) is 2.95. The van der Waals surface area contributed by atoms with Gasteiger partial charge in [0.25, 0.3) is 5.91 Å². The number of nitrogens with one attached hydrogen (secondary N) is 1. The van der Waals surface area contributed by atoms with Gasteiger partial charge in [-0.2, -0.15) is 0 Å². The van der Waals surface area contributed by atoms with Crippen LogP contribution in [0.2, 0.25) is 0 Å². The van der Waals surface area contributed by atoms with Crippen molar-refractivity contribution < 1.29 is 4.79 Å². The minimum atomic E-state index is -0.0517. The maximum atomic E-state index is 12.2. The second-order valence-corrected chi connectivity index (χ2v) is 6.44. The normalized spacial score (nSPS) is 17.4. The highest BCUT2D eigenvalue weighted by Crippen LogP contribution is 2.20. The van der Waals surface area contributed by atoms with Gasteiger partial charge in [-0.05, 0) is 51.1 Å². The monoisotopic (exact) mass is 342 g/mol. The van der Waals surface area contributed by atoms with Crippen molar-refractivity contribution in [1.29, 1.82) is 0 Å². The van der Waals surface area contributed by atoms with Crippen LogP contribution in [-0.4, -0.2) is 36.5 Å². The molecule has 1 aromatic rings. The third kappa shape index (κ3) is 4.23. The number of halogens is 1. The Labute approximate surface area is 128 Å². The lowest BCUT2D eigenvalue weighted by atomic mass is 10.2. The van der Waals surface area contributed by atoms with Crippen molar-refractivity contribution in [2.75, 3.05) is 19.6 Å². The molecular formula is C14H19BrN2OS. The van der Waals surface area contributed by atoms with E-state index in [4.69, 9.17) is 0 Å². The molecule has 0 aliphatic carbocycles. The number of hydrogen-bond donors (Lipinski definition) is 2. The van der Waals surface area contributed by atoms with Crippen molar-refractivity contribution in [3.63, 3.8) is 0 Å². The molecule has 1 aliphatic rings. The molecular weight excluding hydrogens is 324 g/mol. The van der Waals surface area contributed by atoms with E-state index in [1.807, 2.05) is 19.1 Å². The molecule has 0 spiro atoms. The molecule has 0 aromatic heterocycles. The van der Waals surface area contributed by atoms with Crippen LogP contribution in [0.15, 0.2) is 27.6 Å². The number of benzene rings is 1. The zero-order valence-electron chi connectivity index (χ0n) is 11.0. The topological polar surface area (TPSA) is 32.3 Å². The summed E-state index contributed by atoms with van der Waals surface area (Å²) in [4.78, 5) is 15.3. The minimum Gasteiger partial charge on any atom is -0.348 e. The second-order valence-electron chi connectivity index (χ2n) is 5.04. The summed E-state index contributed by atoms with van der Waals surface area (Å²) in [5, 5.41) is 3.04. The van der Waals surface area contributed by atoms with Crippen LogP contribution < -0.4 is 5.32 Å². The first kappa shape index (κ1) is 14.9. The summed E-state index contributed by atoms with van der Waals surface area (Å²) in [5.41, 5.74) is 0.625. The minimum absolute atomic E-state index is 0.0517. The summed E-state index contributed by atoms with van der Waals surface area (Å²) in [6, 6.07) is 5.65. The van der Waals surface area contributed by atoms with E-state index in [0.717, 1.165) is 24.1 Å². The first-order chi connectivity index (χ1) is 9.06. The molecule has 0 bridgehead atoms. The molecule has 1 unspecified atom stereocenters. The number of amides is 1. The fraction of sp³-hybridized carbons (Fsp3) is 0.500. The van der Waals surface area contributed by atoms with Crippen molar-refractivity contribution in [1.82, 2.24) is 10.2 Å². The highest BCUT2D eigenvalue weighted by Gasteiger charge is 2.17. The lowest BCUT2D eigenvalue weighted by Crippen LogP contribution is -2.41. The maximum Gasteiger partial charge on any atom is 0.252 e. The summed E-state index contributed by atoms with van der Waals surface area (Å²) in [7, 11) is 0. The highest BCUT2D eigenvalue weighted by atomic mass is 79.9. The number of nitrogens with zero attached hydrogens (tertiary/aromatic N) is 1. The molecule has 1 atom stereocenters. The lowest BCUT2D eigenvalue weighted by Gasteiger charge is -2.21. The van der Waals surface area contributed by atoms with Crippen LogP contribution in [0.3, 0.4) is 0 Å². The largest absolute Gasteiger partial charge is 0.348 e. The van der Waals surface area contributed by atoms with Gasteiger partial charge in [0.1, 0.15) is 0 Å². The summed E-state index contributed by atoms with van der Waals surface area (Å²) in [6.07, 6.45) is 2.54. The van der Waals surface area contributed by atoms with E-state index in [-0.39, 0.29) is 11.9 Å². The van der Waals surface area contributed by atoms with Crippen molar-refractivity contribution in [2.45, 2.75) is 30.7 Å². The summed E-state index contributed by atoms with van der Waals surface area (Å²) < 4.78 is 0.930. The molecule has 1 saturated heterocycles. The van der Waals surface area contributed by atoms with E-state index in [0.29, 0.717) is 10.5 Å². The third-order valence-corrected chi connectivity index (χ3v) is 4.18. The van der Waals surface area contributed by atoms with Crippen LogP contribution in [0.1, 0.15) is 30.1 Å². The zero-order valence-corrected chi connectivity index (χ0v) is 13.5. The Morgan fingerprint density at radius 1 is 1.47 bits per heavy atom. The summed E-state index contributed by atoms with van der Waals surface area (Å²) in [5.74, 6) is -0.0517. The van der Waals surface area contributed by atoms with E-state index in [1.165, 1.54) is 12.8 Å². The van der Waals surface area contributed by atoms with Gasteiger partial charge < -0.3 is 10.2 Å². The molecule has 1 heterocycles. The van der Waals surface area contributed by atoms with Gasteiger partial charge >= 0.3 is 0 Å². The van der Waals surface area contributed by atoms with Crippen LogP contribution in [0.25, 0.3) is 0 Å². The third-order valence-electron chi connectivity index (χ3n) is 3.31. The zero-order chi connectivity index (χ0) is 13.8. The Morgan fingerprint density at radius 3 is 2.79 bits per heavy atom. The van der Waals surface area contributed by atoms with Crippen molar-refractivity contribution in [3.05, 3.63) is 28.2 Å². The molecule has 1 fully saturated rings. The van der Waals surface area contributed by atoms with E-state index < -0.39 is 0 Å². The van der Waals surface area contributed by atoms with Gasteiger partial charge in [0.05, 0.1) is 5.56 Å². The first-order valence-corrected chi connectivity index (χ1v) is 7.82. The standard InChI is InChI=1S/C14H19BrN2OS/c1-10(9-17-6-2-3-7-17)16-14(18)12-5-4-11(15)8-13(12)19/h4-5,8,10,19H,2-3,6-7,9H2,1H3,(H,16,18). The fourth-order valence-corrected chi connectivity index (χ4v) is 3.25. The highest BCUT2D eigenvalue weighted by molar-refractivity contribution is 9.10. The molecule has 1 amide bonds. The van der Waals surface area contributed by atoms with E-state index in [1.54, 1.807) is 6.07 Å². The van der Waals surface area contributed by atoms with E-state index >= 15 is 0 Å². The van der Waals surface area contributed by atoms with Crippen LogP contribution in [-0.2, 0) is 0 Å². The molecule has 5 heteroatoms. The molecule has 3 nitrogen and oxygen atoms in total. The number of carbonyl (C=O) groups excluding carboxylic acids is 1. The number of carbonyl (C=O) groups is 1. The molecule has 104 valence electrons. The van der Waals surface area contributed by atoms with Crippen LogP contribution >= 0.6 is 28.6 Å². The summed E-state index contributed by atoms with van der Waals surface area (Å²) >= 11 is 7.71. The maximum absolute atomic E-state index is 12.2. The van der Waals surface area contributed by atoms with Gasteiger partial charge in [-0.1, -0.05) is 15.9 Å². The van der Waals surface area contributed by atoms with Crippen molar-refractivity contribution >= 4 is 34.5 Å². The first-order valence-electron chi connectivity index (χ1n) is 6.58. The van der Waals surface area contributed by atoms with Gasteiger partial charge in [-0.15, -0.1) is 12.6 Å². The Bertz CT molecular complexity index is 461. The van der Waals surface area contributed by atoms with Crippen molar-refractivity contribution in [3.8, 4) is 0 Å². The Morgan fingerprint density at radius 2 is 2.16 bits per heavy atom. The molecule has 1 aromatic carbocycles. The SMILES string of the molecule is CC(CN1CCCC1)NC(=O)c1ccc(Br)cc1S. The van der Waals surface area contributed by atoms with E-state index in [9.17, 15) is 4.79 Å². The lowest BCUT2D eigenvalue weighted by molar-refractivity contribution is 0.0929. The predicted molar refractivity (Wildman–Crippen MR) is 84.0 cm³/mol. The molecule has 19 heavy (non-hydrogen) atoms. The molecule has 0 saturated carbocycles. The quantitative estimate of drug-likeness (QED) is 0.824. The summed E-state index contributed by atoms with van der Waals surface area (Å²) in [6.45, 7) is 5.27. The van der Waals surface area contributed by atoms with Gasteiger partial charge in [0.2, 0.25) is 0 Å². The Balaban J connectivity index is 1.92. The number of thiol groups is 1. The van der Waals surface area contributed by atoms with Gasteiger partial charge in [0.15, 0.2) is 0 Å². The molecule has 1 N–H and O–H groups in total. The smallest absolute Gasteiger partial charge is 0.252 e. The number of hydrogen-bond acceptors (Lipinski definition) is 3. The van der Waals surface area contributed by atoms with Gasteiger partial charge in [-0.25, -0.2) is 0 Å². The molecule has 2 rings (SSSR count). The van der Waals surface area contributed by atoms with Gasteiger partial charge in [0, 0.05) is 22.0 Å². The Kier molecular flexibility index (Phi) is 5.30. The Hall–Kier alpha value is -0.520. The number of likely N-dealkylation sites (tertiary alicyclic amines) is 1. The molecule has 1 aliphatic heterocycles.